The molecule has 140 valence electrons. The van der Waals surface area contributed by atoms with Gasteiger partial charge in [-0.3, -0.25) is 19.3 Å². The lowest BCUT2D eigenvalue weighted by atomic mass is 10.1. The van der Waals surface area contributed by atoms with E-state index in [-0.39, 0.29) is 53.7 Å². The van der Waals surface area contributed by atoms with Crippen molar-refractivity contribution >= 4 is 39.3 Å². The number of sulfonamides is 1. The van der Waals surface area contributed by atoms with E-state index in [1.807, 2.05) is 0 Å². The van der Waals surface area contributed by atoms with Gasteiger partial charge in [-0.2, -0.15) is 0 Å². The van der Waals surface area contributed by atoms with Crippen LogP contribution in [-0.2, 0) is 24.4 Å². The van der Waals surface area contributed by atoms with Crippen molar-refractivity contribution in [3.8, 4) is 0 Å². The summed E-state index contributed by atoms with van der Waals surface area (Å²) < 4.78 is 39.5. The number of nitrogens with one attached hydrogen (secondary N) is 1. The van der Waals surface area contributed by atoms with E-state index >= 15 is 0 Å². The van der Waals surface area contributed by atoms with Gasteiger partial charge in [-0.25, -0.2) is 17.5 Å². The zero-order valence-corrected chi connectivity index (χ0v) is 15.0. The first-order chi connectivity index (χ1) is 12.2. The lowest BCUT2D eigenvalue weighted by molar-refractivity contribution is -0.151. The monoisotopic (exact) mass is 403 g/mol. The summed E-state index contributed by atoms with van der Waals surface area (Å²) in [4.78, 5) is 37.6. The van der Waals surface area contributed by atoms with Crippen LogP contribution in [0, 0.1) is 5.82 Å². The minimum absolute atomic E-state index is 0.181. The maximum Gasteiger partial charge on any atom is 0.241 e. The molecule has 3 amide bonds. The third-order valence-corrected chi connectivity index (χ3v) is 5.97. The van der Waals surface area contributed by atoms with Crippen LogP contribution in [0.3, 0.4) is 0 Å². The van der Waals surface area contributed by atoms with E-state index in [0.29, 0.717) is 0 Å². The third kappa shape index (κ3) is 3.57. The van der Waals surface area contributed by atoms with Gasteiger partial charge < -0.3 is 4.90 Å². The first-order valence-electron chi connectivity index (χ1n) is 7.76. The van der Waals surface area contributed by atoms with Crippen LogP contribution >= 0.6 is 11.6 Å². The molecule has 0 aliphatic carbocycles. The number of nitrogens with zero attached hydrogens (tertiary/aromatic N) is 2. The minimum atomic E-state index is -4.03. The molecule has 1 aromatic rings. The van der Waals surface area contributed by atoms with Gasteiger partial charge in [-0.05, 0) is 18.2 Å². The second-order valence-corrected chi connectivity index (χ2v) is 8.18. The Kier molecular flexibility index (Phi) is 5.00. The van der Waals surface area contributed by atoms with Crippen LogP contribution in [0.5, 0.6) is 0 Å². The molecule has 1 aromatic carbocycles. The molecule has 0 spiro atoms. The highest BCUT2D eigenvalue weighted by Gasteiger charge is 2.42. The van der Waals surface area contributed by atoms with Crippen LogP contribution in [0.1, 0.15) is 12.8 Å². The van der Waals surface area contributed by atoms with Gasteiger partial charge in [0.25, 0.3) is 0 Å². The van der Waals surface area contributed by atoms with Crippen LogP contribution in [0.15, 0.2) is 23.1 Å². The largest absolute Gasteiger partial charge is 0.337 e. The molecule has 0 saturated carbocycles. The van der Waals surface area contributed by atoms with Crippen LogP contribution in [0.25, 0.3) is 0 Å². The van der Waals surface area contributed by atoms with Crippen molar-refractivity contribution in [1.29, 1.82) is 0 Å². The topological polar surface area (TPSA) is 104 Å². The van der Waals surface area contributed by atoms with Crippen LogP contribution in [0.4, 0.5) is 4.39 Å². The van der Waals surface area contributed by atoms with Crippen molar-refractivity contribution in [2.24, 2.45) is 0 Å². The van der Waals surface area contributed by atoms with Crippen molar-refractivity contribution in [2.75, 3.05) is 19.6 Å². The van der Waals surface area contributed by atoms with Crippen LogP contribution in [0.2, 0.25) is 5.02 Å². The highest BCUT2D eigenvalue weighted by molar-refractivity contribution is 7.89. The predicted molar refractivity (Wildman–Crippen MR) is 88.1 cm³/mol. The number of carbonyl (C=O) groups is 3. The summed E-state index contributed by atoms with van der Waals surface area (Å²) in [6.45, 7) is -0.132. The number of benzene rings is 1. The standard InChI is InChI=1S/C15H15ClFN3O5S/c16-11-5-10(1-2-12(11)17)26(24,25)18-6-15(23)19-7-9(8-19)20-13(21)3-4-14(20)22/h1-2,5,9,18H,3-4,6-8H2. The summed E-state index contributed by atoms with van der Waals surface area (Å²) in [5, 5.41) is -0.343. The zero-order chi connectivity index (χ0) is 19.1. The van der Waals surface area contributed by atoms with Gasteiger partial charge in [-0.15, -0.1) is 0 Å². The molecule has 8 nitrogen and oxygen atoms in total. The minimum Gasteiger partial charge on any atom is -0.337 e. The molecule has 2 aliphatic rings. The van der Waals surface area contributed by atoms with Crippen molar-refractivity contribution in [3.05, 3.63) is 29.0 Å². The van der Waals surface area contributed by atoms with Gasteiger partial charge >= 0.3 is 0 Å². The maximum absolute atomic E-state index is 13.1. The van der Waals surface area contributed by atoms with Crippen LogP contribution in [-0.4, -0.2) is 61.6 Å². The Morgan fingerprint density at radius 1 is 1.23 bits per heavy atom. The quantitative estimate of drug-likeness (QED) is 0.703. The third-order valence-electron chi connectivity index (χ3n) is 4.29. The SMILES string of the molecule is O=C(CNS(=O)(=O)c1ccc(F)c(Cl)c1)N1CC(N2C(=O)CCC2=O)C1. The predicted octanol–water partition coefficient (Wildman–Crippen LogP) is 0.117. The molecule has 2 fully saturated rings. The van der Waals surface area contributed by atoms with Crippen molar-refractivity contribution in [3.63, 3.8) is 0 Å². The Bertz CT molecular complexity index is 869. The molecule has 0 atom stereocenters. The number of rotatable bonds is 5. The fraction of sp³-hybridized carbons (Fsp3) is 0.400. The Hall–Kier alpha value is -2.04. The van der Waals surface area contributed by atoms with E-state index in [1.54, 1.807) is 0 Å². The van der Waals surface area contributed by atoms with Gasteiger partial charge in [0.1, 0.15) is 5.82 Å². The smallest absolute Gasteiger partial charge is 0.241 e. The Labute approximate surface area is 153 Å². The molecule has 0 radical (unpaired) electrons. The van der Waals surface area contributed by atoms with Gasteiger partial charge in [0.05, 0.1) is 22.5 Å². The fourth-order valence-corrected chi connectivity index (χ4v) is 4.06. The first kappa shape index (κ1) is 18.7. The summed E-state index contributed by atoms with van der Waals surface area (Å²) in [5.74, 6) is -1.74. The summed E-state index contributed by atoms with van der Waals surface area (Å²) in [6, 6.07) is 2.56. The maximum atomic E-state index is 13.1. The molecule has 3 rings (SSSR count). The number of imide groups is 1. The molecule has 2 saturated heterocycles. The van der Waals surface area contributed by atoms with Gasteiger partial charge in [0.2, 0.25) is 27.7 Å². The first-order valence-corrected chi connectivity index (χ1v) is 9.62. The molecule has 0 bridgehead atoms. The summed E-state index contributed by atoms with van der Waals surface area (Å²) in [5.41, 5.74) is 0. The normalized spacial score (nSPS) is 18.4. The van der Waals surface area contributed by atoms with Gasteiger partial charge in [-0.1, -0.05) is 11.6 Å². The van der Waals surface area contributed by atoms with E-state index in [1.165, 1.54) is 9.80 Å². The Balaban J connectivity index is 1.54. The number of likely N-dealkylation sites (tertiary alicyclic amines) is 2. The summed E-state index contributed by atoms with van der Waals surface area (Å²) in [6.07, 6.45) is 0.368. The van der Waals surface area contributed by atoms with Crippen molar-refractivity contribution in [2.45, 2.75) is 23.8 Å². The van der Waals surface area contributed by atoms with E-state index in [2.05, 4.69) is 4.72 Å². The Morgan fingerprint density at radius 3 is 2.42 bits per heavy atom. The molecule has 26 heavy (non-hydrogen) atoms. The molecular formula is C15H15ClFN3O5S. The van der Waals surface area contributed by atoms with E-state index in [4.69, 9.17) is 11.6 Å². The lowest BCUT2D eigenvalue weighted by Crippen LogP contribution is -2.63. The van der Waals surface area contributed by atoms with E-state index in [0.717, 1.165) is 18.2 Å². The average Bonchev–Trinajstić information content (AvgIpc) is 2.86. The van der Waals surface area contributed by atoms with Gasteiger partial charge in [0, 0.05) is 25.9 Å². The lowest BCUT2D eigenvalue weighted by Gasteiger charge is -2.43. The zero-order valence-electron chi connectivity index (χ0n) is 13.4. The second-order valence-electron chi connectivity index (χ2n) is 6.01. The Morgan fingerprint density at radius 2 is 1.85 bits per heavy atom. The fourth-order valence-electron chi connectivity index (χ4n) is 2.82. The average molecular weight is 404 g/mol. The molecular weight excluding hydrogens is 389 g/mol. The van der Waals surface area contributed by atoms with Crippen LogP contribution < -0.4 is 4.72 Å². The van der Waals surface area contributed by atoms with Gasteiger partial charge in [0.15, 0.2) is 0 Å². The molecule has 11 heteroatoms. The highest BCUT2D eigenvalue weighted by Crippen LogP contribution is 2.22. The molecule has 2 aliphatic heterocycles. The van der Waals surface area contributed by atoms with E-state index < -0.39 is 28.3 Å². The molecule has 1 N–H and O–H groups in total. The number of hydrogen-bond donors (Lipinski definition) is 1. The number of halogens is 2. The molecule has 2 heterocycles. The second kappa shape index (κ2) is 6.93. The summed E-state index contributed by atoms with van der Waals surface area (Å²) >= 11 is 5.56. The highest BCUT2D eigenvalue weighted by atomic mass is 35.5. The number of amides is 3. The summed E-state index contributed by atoms with van der Waals surface area (Å²) in [7, 11) is -4.03. The van der Waals surface area contributed by atoms with Crippen molar-refractivity contribution < 1.29 is 27.2 Å². The number of hydrogen-bond acceptors (Lipinski definition) is 5. The van der Waals surface area contributed by atoms with Crippen molar-refractivity contribution in [1.82, 2.24) is 14.5 Å². The molecule has 0 aromatic heterocycles. The van der Waals surface area contributed by atoms with E-state index in [9.17, 15) is 27.2 Å². The number of carbonyl (C=O) groups excluding carboxylic acids is 3. The molecule has 0 unspecified atom stereocenters.